The molecule has 0 atom stereocenters. The van der Waals surface area contributed by atoms with Crippen molar-refractivity contribution in [2.75, 3.05) is 5.32 Å². The Morgan fingerprint density at radius 3 is 2.83 bits per heavy atom. The second kappa shape index (κ2) is 4.53. The molecule has 0 spiro atoms. The second-order valence-corrected chi connectivity index (χ2v) is 4.17. The molecule has 0 unspecified atom stereocenters. The van der Waals surface area contributed by atoms with Gasteiger partial charge in [0.05, 0.1) is 0 Å². The summed E-state index contributed by atoms with van der Waals surface area (Å²) in [7, 11) is 0. The Kier molecular flexibility index (Phi) is 2.73. The van der Waals surface area contributed by atoms with Gasteiger partial charge in [-0.05, 0) is 36.2 Å². The molecule has 1 heterocycles. The molecule has 3 heteroatoms. The summed E-state index contributed by atoms with van der Waals surface area (Å²) in [4.78, 5) is 4.39. The van der Waals surface area contributed by atoms with Gasteiger partial charge in [-0.3, -0.25) is 0 Å². The summed E-state index contributed by atoms with van der Waals surface area (Å²) in [5.74, 6) is 0. The number of anilines is 2. The van der Waals surface area contributed by atoms with Crippen LogP contribution in [0.5, 0.6) is 0 Å². The Morgan fingerprint density at radius 1 is 1.11 bits per heavy atom. The predicted molar refractivity (Wildman–Crippen MR) is 73.1 cm³/mol. The van der Waals surface area contributed by atoms with E-state index in [0.29, 0.717) is 6.01 Å². The number of hydrogen-bond acceptors (Lipinski definition) is 3. The van der Waals surface area contributed by atoms with Gasteiger partial charge in [0.25, 0.3) is 6.01 Å². The molecular weight excluding hydrogens is 224 g/mol. The highest BCUT2D eigenvalue weighted by Crippen LogP contribution is 2.22. The molecule has 3 rings (SSSR count). The van der Waals surface area contributed by atoms with E-state index < -0.39 is 0 Å². The summed E-state index contributed by atoms with van der Waals surface area (Å²) in [6.07, 6.45) is 1.02. The minimum Gasteiger partial charge on any atom is -0.423 e. The van der Waals surface area contributed by atoms with Gasteiger partial charge in [-0.25, -0.2) is 0 Å². The number of aromatic nitrogens is 1. The molecule has 3 aromatic rings. The van der Waals surface area contributed by atoms with Gasteiger partial charge in [0.15, 0.2) is 5.58 Å². The molecule has 1 aromatic heterocycles. The van der Waals surface area contributed by atoms with Crippen molar-refractivity contribution < 1.29 is 4.42 Å². The highest BCUT2D eigenvalue weighted by atomic mass is 16.4. The molecule has 18 heavy (non-hydrogen) atoms. The van der Waals surface area contributed by atoms with E-state index in [0.717, 1.165) is 23.2 Å². The van der Waals surface area contributed by atoms with E-state index in [-0.39, 0.29) is 0 Å². The molecule has 0 radical (unpaired) electrons. The summed E-state index contributed by atoms with van der Waals surface area (Å²) in [5, 5.41) is 3.19. The van der Waals surface area contributed by atoms with Crippen molar-refractivity contribution in [3.63, 3.8) is 0 Å². The minimum atomic E-state index is 0.532. The largest absolute Gasteiger partial charge is 0.423 e. The van der Waals surface area contributed by atoms with E-state index in [9.17, 15) is 0 Å². The Morgan fingerprint density at radius 2 is 2.00 bits per heavy atom. The molecule has 0 aliphatic rings. The number of nitrogens with one attached hydrogen (secondary N) is 1. The lowest BCUT2D eigenvalue weighted by Crippen LogP contribution is -1.91. The van der Waals surface area contributed by atoms with Crippen LogP contribution in [-0.2, 0) is 6.42 Å². The van der Waals surface area contributed by atoms with Crippen molar-refractivity contribution >= 4 is 22.8 Å². The first kappa shape index (κ1) is 10.8. The van der Waals surface area contributed by atoms with Crippen LogP contribution in [0, 0.1) is 0 Å². The van der Waals surface area contributed by atoms with Crippen molar-refractivity contribution in [3.05, 3.63) is 54.1 Å². The third-order valence-corrected chi connectivity index (χ3v) is 2.88. The summed E-state index contributed by atoms with van der Waals surface area (Å²) in [5.41, 5.74) is 3.95. The van der Waals surface area contributed by atoms with Crippen LogP contribution in [0.1, 0.15) is 12.5 Å². The van der Waals surface area contributed by atoms with Crippen LogP contribution < -0.4 is 5.32 Å². The number of fused-ring (bicyclic) bond motifs is 1. The quantitative estimate of drug-likeness (QED) is 0.745. The first-order chi connectivity index (χ1) is 8.85. The SMILES string of the molecule is CCc1cccc(Nc2nc3ccccc3o2)c1. The van der Waals surface area contributed by atoms with Crippen LogP contribution >= 0.6 is 0 Å². The van der Waals surface area contributed by atoms with E-state index in [2.05, 4.69) is 29.4 Å². The lowest BCUT2D eigenvalue weighted by molar-refractivity contribution is 0.623. The molecule has 0 fully saturated rings. The van der Waals surface area contributed by atoms with Gasteiger partial charge in [-0.2, -0.15) is 4.98 Å². The van der Waals surface area contributed by atoms with Gasteiger partial charge < -0.3 is 9.73 Å². The topological polar surface area (TPSA) is 38.1 Å². The summed E-state index contributed by atoms with van der Waals surface area (Å²) >= 11 is 0. The van der Waals surface area contributed by atoms with E-state index >= 15 is 0 Å². The van der Waals surface area contributed by atoms with E-state index in [4.69, 9.17) is 4.42 Å². The maximum atomic E-state index is 5.62. The molecule has 0 saturated carbocycles. The molecule has 0 aliphatic heterocycles. The van der Waals surface area contributed by atoms with Gasteiger partial charge in [0, 0.05) is 5.69 Å². The molecule has 0 amide bonds. The van der Waals surface area contributed by atoms with Crippen LogP contribution in [0.3, 0.4) is 0 Å². The average Bonchev–Trinajstić information content (AvgIpc) is 2.81. The Bertz CT molecular complexity index is 640. The minimum absolute atomic E-state index is 0.532. The fraction of sp³-hybridized carbons (Fsp3) is 0.133. The molecule has 1 N–H and O–H groups in total. The zero-order valence-corrected chi connectivity index (χ0v) is 10.2. The highest BCUT2D eigenvalue weighted by Gasteiger charge is 2.04. The van der Waals surface area contributed by atoms with Crippen molar-refractivity contribution in [1.82, 2.24) is 4.98 Å². The third-order valence-electron chi connectivity index (χ3n) is 2.88. The molecule has 3 nitrogen and oxygen atoms in total. The zero-order chi connectivity index (χ0) is 12.4. The Balaban J connectivity index is 1.91. The van der Waals surface area contributed by atoms with Gasteiger partial charge >= 0.3 is 0 Å². The average molecular weight is 238 g/mol. The van der Waals surface area contributed by atoms with Crippen molar-refractivity contribution in [2.45, 2.75) is 13.3 Å². The number of rotatable bonds is 3. The van der Waals surface area contributed by atoms with Gasteiger partial charge in [0.2, 0.25) is 0 Å². The van der Waals surface area contributed by atoms with Crippen LogP contribution in [0.2, 0.25) is 0 Å². The molecule has 0 saturated heterocycles. The van der Waals surface area contributed by atoms with Crippen molar-refractivity contribution in [1.29, 1.82) is 0 Å². The number of hydrogen-bond donors (Lipinski definition) is 1. The van der Waals surface area contributed by atoms with E-state index in [1.54, 1.807) is 0 Å². The van der Waals surface area contributed by atoms with Gasteiger partial charge in [0.1, 0.15) is 5.52 Å². The summed E-state index contributed by atoms with van der Waals surface area (Å²) in [6, 6.07) is 16.5. The zero-order valence-electron chi connectivity index (χ0n) is 10.2. The first-order valence-corrected chi connectivity index (χ1v) is 6.06. The maximum Gasteiger partial charge on any atom is 0.300 e. The van der Waals surface area contributed by atoms with Crippen LogP contribution in [0.15, 0.2) is 52.9 Å². The lowest BCUT2D eigenvalue weighted by Gasteiger charge is -2.03. The van der Waals surface area contributed by atoms with Crippen LogP contribution in [0.4, 0.5) is 11.7 Å². The van der Waals surface area contributed by atoms with E-state index in [1.165, 1.54) is 5.56 Å². The number of oxazole rings is 1. The number of benzene rings is 2. The number of nitrogens with zero attached hydrogens (tertiary/aromatic N) is 1. The molecule has 0 aliphatic carbocycles. The van der Waals surface area contributed by atoms with Crippen LogP contribution in [0.25, 0.3) is 11.1 Å². The van der Waals surface area contributed by atoms with Gasteiger partial charge in [-0.15, -0.1) is 0 Å². The number of aryl methyl sites for hydroxylation is 1. The van der Waals surface area contributed by atoms with E-state index in [1.807, 2.05) is 36.4 Å². The summed E-state index contributed by atoms with van der Waals surface area (Å²) in [6.45, 7) is 2.14. The Hall–Kier alpha value is -2.29. The van der Waals surface area contributed by atoms with Crippen molar-refractivity contribution in [3.8, 4) is 0 Å². The third kappa shape index (κ3) is 2.07. The predicted octanol–water partition coefficient (Wildman–Crippen LogP) is 4.13. The number of para-hydroxylation sites is 2. The smallest absolute Gasteiger partial charge is 0.300 e. The maximum absolute atomic E-state index is 5.62. The van der Waals surface area contributed by atoms with Gasteiger partial charge in [-0.1, -0.05) is 31.2 Å². The lowest BCUT2D eigenvalue weighted by atomic mass is 10.1. The molecule has 2 aromatic carbocycles. The van der Waals surface area contributed by atoms with Crippen LogP contribution in [-0.4, -0.2) is 4.98 Å². The second-order valence-electron chi connectivity index (χ2n) is 4.17. The normalized spacial score (nSPS) is 10.7. The molecular formula is C15H14N2O. The Labute approximate surface area is 105 Å². The molecule has 0 bridgehead atoms. The van der Waals surface area contributed by atoms with Crippen molar-refractivity contribution in [2.24, 2.45) is 0 Å². The standard InChI is InChI=1S/C15H14N2O/c1-2-11-6-5-7-12(10-11)16-15-17-13-8-3-4-9-14(13)18-15/h3-10H,2H2,1H3,(H,16,17). The molecule has 90 valence electrons. The fourth-order valence-corrected chi connectivity index (χ4v) is 1.92. The summed E-state index contributed by atoms with van der Waals surface area (Å²) < 4.78 is 5.62. The highest BCUT2D eigenvalue weighted by molar-refractivity contribution is 5.75. The fourth-order valence-electron chi connectivity index (χ4n) is 1.92. The first-order valence-electron chi connectivity index (χ1n) is 6.06. The monoisotopic (exact) mass is 238 g/mol.